The second kappa shape index (κ2) is 6.46. The number of hydrogen-bond acceptors (Lipinski definition) is 4. The van der Waals surface area contributed by atoms with Gasteiger partial charge in [-0.1, -0.05) is 26.8 Å². The predicted octanol–water partition coefficient (Wildman–Crippen LogP) is 3.30. The van der Waals surface area contributed by atoms with E-state index in [4.69, 9.17) is 4.74 Å². The Labute approximate surface area is 127 Å². The molecule has 0 spiro atoms. The van der Waals surface area contributed by atoms with Crippen LogP contribution in [0.15, 0.2) is 18.3 Å². The fraction of sp³-hybridized carbons (Fsp3) is 0.647. The van der Waals surface area contributed by atoms with Gasteiger partial charge in [-0.05, 0) is 36.3 Å². The molecule has 1 saturated heterocycles. The highest BCUT2D eigenvalue weighted by atomic mass is 16.5. The molecule has 0 radical (unpaired) electrons. The highest BCUT2D eigenvalue weighted by Gasteiger charge is 2.26. The summed E-state index contributed by atoms with van der Waals surface area (Å²) >= 11 is 0. The van der Waals surface area contributed by atoms with Crippen molar-refractivity contribution in [3.05, 3.63) is 23.9 Å². The van der Waals surface area contributed by atoms with Crippen molar-refractivity contribution in [3.63, 3.8) is 0 Å². The molecule has 1 aliphatic rings. The van der Waals surface area contributed by atoms with Crippen molar-refractivity contribution in [2.24, 2.45) is 0 Å². The normalized spacial score (nSPS) is 19.4. The Hall–Kier alpha value is -1.58. The second-order valence-electron chi connectivity index (χ2n) is 6.78. The first kappa shape index (κ1) is 15.8. The Morgan fingerprint density at radius 1 is 1.38 bits per heavy atom. The fourth-order valence-electron chi connectivity index (χ4n) is 2.79. The maximum atomic E-state index is 11.6. The lowest BCUT2D eigenvalue weighted by Crippen LogP contribution is -2.41. The molecular weight excluding hydrogens is 264 g/mol. The van der Waals surface area contributed by atoms with Gasteiger partial charge in [0.25, 0.3) is 0 Å². The smallest absolute Gasteiger partial charge is 0.307 e. The van der Waals surface area contributed by atoms with E-state index in [9.17, 15) is 4.79 Å². The number of piperidine rings is 1. The topological polar surface area (TPSA) is 42.4 Å². The van der Waals surface area contributed by atoms with Crippen molar-refractivity contribution in [2.45, 2.75) is 57.9 Å². The van der Waals surface area contributed by atoms with Crippen LogP contribution in [0, 0.1) is 0 Å². The van der Waals surface area contributed by atoms with Crippen molar-refractivity contribution in [2.75, 3.05) is 18.6 Å². The van der Waals surface area contributed by atoms with Crippen LogP contribution >= 0.6 is 0 Å². The van der Waals surface area contributed by atoms with Gasteiger partial charge in [-0.2, -0.15) is 0 Å². The summed E-state index contributed by atoms with van der Waals surface area (Å²) < 4.78 is 4.81. The molecular formula is C17H26N2O2. The average Bonchev–Trinajstić information content (AvgIpc) is 2.47. The van der Waals surface area contributed by atoms with Gasteiger partial charge in [0.1, 0.15) is 5.82 Å². The van der Waals surface area contributed by atoms with Crippen molar-refractivity contribution in [1.29, 1.82) is 0 Å². The second-order valence-corrected chi connectivity index (χ2v) is 6.78. The van der Waals surface area contributed by atoms with Gasteiger partial charge in [0.05, 0.1) is 13.5 Å². The zero-order chi connectivity index (χ0) is 15.5. The number of aromatic nitrogens is 1. The van der Waals surface area contributed by atoms with E-state index >= 15 is 0 Å². The number of nitrogens with zero attached hydrogens (tertiary/aromatic N) is 2. The van der Waals surface area contributed by atoms with E-state index in [-0.39, 0.29) is 17.4 Å². The Balaban J connectivity index is 2.15. The largest absolute Gasteiger partial charge is 0.469 e. The quantitative estimate of drug-likeness (QED) is 0.801. The predicted molar refractivity (Wildman–Crippen MR) is 84.6 cm³/mol. The molecule has 0 aromatic carbocycles. The summed E-state index contributed by atoms with van der Waals surface area (Å²) in [6.45, 7) is 7.52. The molecule has 1 aliphatic heterocycles. The number of pyridine rings is 1. The number of ether oxygens (including phenoxy) is 1. The van der Waals surface area contributed by atoms with Crippen molar-refractivity contribution >= 4 is 11.8 Å². The molecule has 1 fully saturated rings. The first-order valence-corrected chi connectivity index (χ1v) is 7.72. The highest BCUT2D eigenvalue weighted by molar-refractivity contribution is 5.70. The van der Waals surface area contributed by atoms with Gasteiger partial charge < -0.3 is 9.64 Å². The van der Waals surface area contributed by atoms with Crippen molar-refractivity contribution in [3.8, 4) is 0 Å². The summed E-state index contributed by atoms with van der Waals surface area (Å²) in [5.41, 5.74) is 1.34. The lowest BCUT2D eigenvalue weighted by molar-refractivity contribution is -0.141. The summed E-state index contributed by atoms with van der Waals surface area (Å²) in [5.74, 6) is 0.829. The third-order valence-electron chi connectivity index (χ3n) is 4.17. The summed E-state index contributed by atoms with van der Waals surface area (Å²) in [6, 6.07) is 4.43. The first-order valence-electron chi connectivity index (χ1n) is 7.72. The molecule has 0 saturated carbocycles. The number of anilines is 1. The minimum atomic E-state index is -0.141. The molecule has 2 rings (SSSR count). The van der Waals surface area contributed by atoms with Gasteiger partial charge in [0.15, 0.2) is 0 Å². The Morgan fingerprint density at radius 3 is 2.71 bits per heavy atom. The summed E-state index contributed by atoms with van der Waals surface area (Å²) in [5, 5.41) is 0. The maximum absolute atomic E-state index is 11.6. The first-order chi connectivity index (χ1) is 9.91. The van der Waals surface area contributed by atoms with Crippen LogP contribution in [-0.4, -0.2) is 30.6 Å². The monoisotopic (exact) mass is 290 g/mol. The maximum Gasteiger partial charge on any atom is 0.307 e. The molecule has 116 valence electrons. The minimum absolute atomic E-state index is 0.110. The Kier molecular flexibility index (Phi) is 4.86. The van der Waals surface area contributed by atoms with E-state index in [1.807, 2.05) is 6.20 Å². The third kappa shape index (κ3) is 3.96. The van der Waals surface area contributed by atoms with Gasteiger partial charge >= 0.3 is 5.97 Å². The zero-order valence-electron chi connectivity index (χ0n) is 13.6. The standard InChI is InChI=1S/C17H26N2O2/c1-17(2,3)13-8-9-15(18-12-13)19-10-6-5-7-14(19)11-16(20)21-4/h8-9,12,14H,5-7,10-11H2,1-4H3. The van der Waals surface area contributed by atoms with Gasteiger partial charge in [0, 0.05) is 18.8 Å². The average molecular weight is 290 g/mol. The Bertz CT molecular complexity index is 477. The van der Waals surface area contributed by atoms with Crippen LogP contribution in [0.5, 0.6) is 0 Å². The highest BCUT2D eigenvalue weighted by Crippen LogP contribution is 2.27. The molecule has 2 heterocycles. The molecule has 21 heavy (non-hydrogen) atoms. The lowest BCUT2D eigenvalue weighted by atomic mass is 9.88. The van der Waals surface area contributed by atoms with E-state index in [0.29, 0.717) is 6.42 Å². The molecule has 4 nitrogen and oxygen atoms in total. The number of rotatable bonds is 3. The van der Waals surface area contributed by atoms with E-state index < -0.39 is 0 Å². The number of hydrogen-bond donors (Lipinski definition) is 0. The number of carbonyl (C=O) groups is 1. The van der Waals surface area contributed by atoms with Crippen LogP contribution < -0.4 is 4.90 Å². The fourth-order valence-corrected chi connectivity index (χ4v) is 2.79. The van der Waals surface area contributed by atoms with Crippen molar-refractivity contribution in [1.82, 2.24) is 4.98 Å². The molecule has 1 atom stereocenters. The van der Waals surface area contributed by atoms with Gasteiger partial charge in [-0.15, -0.1) is 0 Å². The van der Waals surface area contributed by atoms with E-state index in [1.54, 1.807) is 0 Å². The molecule has 1 aromatic rings. The summed E-state index contributed by atoms with van der Waals surface area (Å²) in [4.78, 5) is 18.5. The van der Waals surface area contributed by atoms with Crippen LogP contribution in [0.3, 0.4) is 0 Å². The van der Waals surface area contributed by atoms with Crippen LogP contribution in [0.4, 0.5) is 5.82 Å². The summed E-state index contributed by atoms with van der Waals surface area (Å²) in [7, 11) is 1.45. The molecule has 0 aliphatic carbocycles. The van der Waals surface area contributed by atoms with Gasteiger partial charge in [-0.3, -0.25) is 4.79 Å². The van der Waals surface area contributed by atoms with E-state index in [1.165, 1.54) is 12.7 Å². The molecule has 0 amide bonds. The van der Waals surface area contributed by atoms with Gasteiger partial charge in [0.2, 0.25) is 0 Å². The van der Waals surface area contributed by atoms with E-state index in [0.717, 1.165) is 31.6 Å². The van der Waals surface area contributed by atoms with Crippen LogP contribution in [0.25, 0.3) is 0 Å². The lowest BCUT2D eigenvalue weighted by Gasteiger charge is -2.36. The van der Waals surface area contributed by atoms with Gasteiger partial charge in [-0.25, -0.2) is 4.98 Å². The Morgan fingerprint density at radius 2 is 2.14 bits per heavy atom. The molecule has 0 N–H and O–H groups in total. The number of esters is 1. The van der Waals surface area contributed by atoms with Crippen molar-refractivity contribution < 1.29 is 9.53 Å². The number of methoxy groups -OCH3 is 1. The SMILES string of the molecule is COC(=O)CC1CCCCN1c1ccc(C(C)(C)C)cn1. The third-order valence-corrected chi connectivity index (χ3v) is 4.17. The minimum Gasteiger partial charge on any atom is -0.469 e. The zero-order valence-corrected chi connectivity index (χ0v) is 13.6. The molecule has 0 bridgehead atoms. The summed E-state index contributed by atoms with van der Waals surface area (Å²) in [6.07, 6.45) is 5.74. The van der Waals surface area contributed by atoms with Crippen LogP contribution in [0.2, 0.25) is 0 Å². The van der Waals surface area contributed by atoms with Crippen LogP contribution in [0.1, 0.15) is 52.0 Å². The number of carbonyl (C=O) groups excluding carboxylic acids is 1. The van der Waals surface area contributed by atoms with E-state index in [2.05, 4.69) is 42.8 Å². The van der Waals surface area contributed by atoms with Crippen LogP contribution in [-0.2, 0) is 14.9 Å². The molecule has 1 aromatic heterocycles. The molecule has 1 unspecified atom stereocenters. The molecule has 4 heteroatoms.